The molecule has 2 fully saturated rings. The first-order valence-corrected chi connectivity index (χ1v) is 12.0. The maximum atomic E-state index is 12.8. The third-order valence-corrected chi connectivity index (χ3v) is 7.19. The zero-order chi connectivity index (χ0) is 22.8. The smallest absolute Gasteiger partial charge is 0.193 e. The first kappa shape index (κ1) is 24.4. The Morgan fingerprint density at radius 1 is 0.844 bits per heavy atom. The summed E-state index contributed by atoms with van der Waals surface area (Å²) in [4.78, 5) is 0. The largest absolute Gasteiger partial charge is 0.416 e. The molecule has 2 aliphatic carbocycles. The van der Waals surface area contributed by atoms with Gasteiger partial charge in [0.25, 0.3) is 0 Å². The van der Waals surface area contributed by atoms with Crippen molar-refractivity contribution < 1.29 is 13.2 Å². The Hall–Kier alpha value is -2.28. The second-order valence-electron chi connectivity index (χ2n) is 9.39. The van der Waals surface area contributed by atoms with Crippen LogP contribution < -0.4 is 0 Å². The van der Waals surface area contributed by atoms with E-state index in [2.05, 4.69) is 18.2 Å². The fraction of sp³-hybridized carbons (Fsp3) is 0.536. The van der Waals surface area contributed by atoms with Crippen LogP contribution in [0, 0.1) is 29.1 Å². The summed E-state index contributed by atoms with van der Waals surface area (Å²) in [5, 5.41) is 8.46. The van der Waals surface area contributed by atoms with Crippen LogP contribution >= 0.6 is 0 Å². The summed E-state index contributed by atoms with van der Waals surface area (Å²) in [6.07, 6.45) is 19.9. The van der Waals surface area contributed by atoms with Gasteiger partial charge in [0.15, 0.2) is 0 Å². The molecule has 32 heavy (non-hydrogen) atoms. The van der Waals surface area contributed by atoms with Gasteiger partial charge in [-0.2, -0.15) is 18.4 Å². The van der Waals surface area contributed by atoms with Gasteiger partial charge in [-0.05, 0) is 106 Å². The summed E-state index contributed by atoms with van der Waals surface area (Å²) < 4.78 is 38.3. The van der Waals surface area contributed by atoms with E-state index in [4.69, 9.17) is 5.26 Å². The Morgan fingerprint density at radius 3 is 2.00 bits per heavy atom. The Bertz CT molecular complexity index is 810. The molecule has 0 atom stereocenters. The molecule has 0 bridgehead atoms. The summed E-state index contributed by atoms with van der Waals surface area (Å²) in [5.41, 5.74) is 0.492. The summed E-state index contributed by atoms with van der Waals surface area (Å²) in [7, 11) is 0. The number of nitriles is 1. The SMILES string of the molecule is N#CC=CC=CCCC1CCC(C=CC2CCC(c3ccc(C(F)(F)F)cc3)CC2)CC1. The van der Waals surface area contributed by atoms with Gasteiger partial charge in [0, 0.05) is 6.08 Å². The van der Waals surface area contributed by atoms with Crippen molar-refractivity contribution in [2.45, 2.75) is 76.3 Å². The number of alkyl halides is 3. The van der Waals surface area contributed by atoms with Crippen molar-refractivity contribution >= 4 is 0 Å². The first-order valence-electron chi connectivity index (χ1n) is 12.0. The summed E-state index contributed by atoms with van der Waals surface area (Å²) >= 11 is 0. The van der Waals surface area contributed by atoms with Gasteiger partial charge >= 0.3 is 6.18 Å². The number of benzene rings is 1. The van der Waals surface area contributed by atoms with Gasteiger partial charge in [-0.1, -0.05) is 42.5 Å². The molecule has 0 aromatic heterocycles. The molecule has 4 heteroatoms. The lowest BCUT2D eigenvalue weighted by Gasteiger charge is -2.29. The van der Waals surface area contributed by atoms with Gasteiger partial charge in [0.05, 0.1) is 11.6 Å². The Labute approximate surface area is 190 Å². The average Bonchev–Trinajstić information content (AvgIpc) is 2.81. The molecule has 0 saturated heterocycles. The molecule has 0 amide bonds. The quantitative estimate of drug-likeness (QED) is 0.236. The predicted octanol–water partition coefficient (Wildman–Crippen LogP) is 8.76. The third-order valence-electron chi connectivity index (χ3n) is 7.19. The van der Waals surface area contributed by atoms with Crippen LogP contribution in [0.4, 0.5) is 13.2 Å². The lowest BCUT2D eigenvalue weighted by atomic mass is 9.77. The molecule has 3 rings (SSSR count). The first-order chi connectivity index (χ1) is 15.5. The normalized spacial score (nSPS) is 27.3. The number of rotatable bonds is 7. The van der Waals surface area contributed by atoms with Crippen LogP contribution in [0.25, 0.3) is 0 Å². The molecule has 0 spiro atoms. The lowest BCUT2D eigenvalue weighted by Crippen LogP contribution is -2.14. The van der Waals surface area contributed by atoms with Crippen molar-refractivity contribution in [1.82, 2.24) is 0 Å². The van der Waals surface area contributed by atoms with Crippen LogP contribution in [-0.2, 0) is 6.18 Å². The molecule has 172 valence electrons. The molecule has 2 saturated carbocycles. The highest BCUT2D eigenvalue weighted by Crippen LogP contribution is 2.38. The zero-order valence-electron chi connectivity index (χ0n) is 18.7. The molecule has 1 aromatic carbocycles. The fourth-order valence-electron chi connectivity index (χ4n) is 5.18. The molecular formula is C28H34F3N. The van der Waals surface area contributed by atoms with Crippen molar-refractivity contribution in [3.8, 4) is 6.07 Å². The van der Waals surface area contributed by atoms with Gasteiger partial charge < -0.3 is 0 Å². The van der Waals surface area contributed by atoms with E-state index in [9.17, 15) is 13.2 Å². The van der Waals surface area contributed by atoms with E-state index in [1.165, 1.54) is 50.3 Å². The molecule has 2 aliphatic rings. The molecule has 0 unspecified atom stereocenters. The highest BCUT2D eigenvalue weighted by atomic mass is 19.4. The number of nitrogens with zero attached hydrogens (tertiary/aromatic N) is 1. The fourth-order valence-corrected chi connectivity index (χ4v) is 5.18. The van der Waals surface area contributed by atoms with E-state index in [0.717, 1.165) is 43.6 Å². The van der Waals surface area contributed by atoms with Gasteiger partial charge in [0.1, 0.15) is 0 Å². The Kier molecular flexibility index (Phi) is 9.21. The monoisotopic (exact) mass is 441 g/mol. The van der Waals surface area contributed by atoms with E-state index >= 15 is 0 Å². The van der Waals surface area contributed by atoms with Crippen LogP contribution in [0.1, 0.15) is 81.3 Å². The van der Waals surface area contributed by atoms with Gasteiger partial charge in [-0.15, -0.1) is 0 Å². The minimum absolute atomic E-state index is 0.391. The Balaban J connectivity index is 1.35. The van der Waals surface area contributed by atoms with E-state index in [1.54, 1.807) is 18.2 Å². The molecule has 0 radical (unpaired) electrons. The van der Waals surface area contributed by atoms with Crippen molar-refractivity contribution in [3.05, 3.63) is 71.8 Å². The van der Waals surface area contributed by atoms with Crippen molar-refractivity contribution in [1.29, 1.82) is 5.26 Å². The van der Waals surface area contributed by atoms with Crippen molar-refractivity contribution in [2.24, 2.45) is 17.8 Å². The molecule has 1 aromatic rings. The van der Waals surface area contributed by atoms with Crippen LogP contribution in [0.2, 0.25) is 0 Å². The molecule has 0 heterocycles. The summed E-state index contributed by atoms with van der Waals surface area (Å²) in [6.45, 7) is 0. The number of hydrogen-bond donors (Lipinski definition) is 0. The zero-order valence-corrected chi connectivity index (χ0v) is 18.7. The average molecular weight is 442 g/mol. The number of halogens is 3. The van der Waals surface area contributed by atoms with Crippen LogP contribution in [0.3, 0.4) is 0 Å². The van der Waals surface area contributed by atoms with Crippen molar-refractivity contribution in [3.63, 3.8) is 0 Å². The van der Waals surface area contributed by atoms with Crippen LogP contribution in [-0.4, -0.2) is 0 Å². The molecule has 0 N–H and O–H groups in total. The molecule has 0 aliphatic heterocycles. The maximum Gasteiger partial charge on any atom is 0.416 e. The standard InChI is InChI=1S/C28H34F3N/c29-28(30,31)27-19-17-26(18-20-27)25-15-13-24(14-16-25)12-11-23-9-7-22(8-10-23)6-4-2-1-3-5-21-32/h1-3,5,11-12,17-20,22-25H,4,6-10,13-16H2. The number of allylic oxidation sites excluding steroid dienone is 6. The highest BCUT2D eigenvalue weighted by Gasteiger charge is 2.30. The predicted molar refractivity (Wildman–Crippen MR) is 124 cm³/mol. The second kappa shape index (κ2) is 12.1. The Morgan fingerprint density at radius 2 is 1.44 bits per heavy atom. The number of hydrogen-bond acceptors (Lipinski definition) is 1. The van der Waals surface area contributed by atoms with Crippen LogP contribution in [0.5, 0.6) is 0 Å². The summed E-state index contributed by atoms with van der Waals surface area (Å²) in [5.74, 6) is 2.53. The van der Waals surface area contributed by atoms with E-state index in [-0.39, 0.29) is 0 Å². The molecular weight excluding hydrogens is 407 g/mol. The summed E-state index contributed by atoms with van der Waals surface area (Å²) in [6, 6.07) is 7.77. The van der Waals surface area contributed by atoms with Crippen LogP contribution in [0.15, 0.2) is 60.7 Å². The van der Waals surface area contributed by atoms with Gasteiger partial charge in [-0.25, -0.2) is 0 Å². The highest BCUT2D eigenvalue weighted by molar-refractivity contribution is 5.27. The second-order valence-corrected chi connectivity index (χ2v) is 9.39. The third kappa shape index (κ3) is 7.69. The van der Waals surface area contributed by atoms with Gasteiger partial charge in [0.2, 0.25) is 0 Å². The lowest BCUT2D eigenvalue weighted by molar-refractivity contribution is -0.137. The maximum absolute atomic E-state index is 12.8. The van der Waals surface area contributed by atoms with E-state index < -0.39 is 11.7 Å². The van der Waals surface area contributed by atoms with Gasteiger partial charge in [-0.3, -0.25) is 0 Å². The topological polar surface area (TPSA) is 23.8 Å². The minimum Gasteiger partial charge on any atom is -0.193 e. The van der Waals surface area contributed by atoms with E-state index in [0.29, 0.717) is 17.8 Å². The molecule has 1 nitrogen and oxygen atoms in total. The van der Waals surface area contributed by atoms with Crippen molar-refractivity contribution in [2.75, 3.05) is 0 Å². The minimum atomic E-state index is -4.26. The van der Waals surface area contributed by atoms with E-state index in [1.807, 2.05) is 12.1 Å².